The van der Waals surface area contributed by atoms with Crippen LogP contribution in [0, 0.1) is 19.7 Å². The van der Waals surface area contributed by atoms with Crippen molar-refractivity contribution in [2.45, 2.75) is 18.7 Å². The first-order valence-corrected chi connectivity index (χ1v) is 13.9. The molecule has 0 atom stereocenters. The molecule has 0 aliphatic rings. The third-order valence-electron chi connectivity index (χ3n) is 4.95. The van der Waals surface area contributed by atoms with Gasteiger partial charge < -0.3 is 5.32 Å². The number of anilines is 3. The van der Waals surface area contributed by atoms with Crippen molar-refractivity contribution in [3.8, 4) is 0 Å². The van der Waals surface area contributed by atoms with Gasteiger partial charge in [-0.15, -0.1) is 0 Å². The number of carbonyl (C=O) groups is 1. The number of sulfonamides is 2. The first-order valence-electron chi connectivity index (χ1n) is 10.2. The topological polar surface area (TPSA) is 113 Å². The molecule has 186 valence electrons. The summed E-state index contributed by atoms with van der Waals surface area (Å²) >= 11 is 5.74. The first kappa shape index (κ1) is 26.5. The molecule has 3 rings (SSSR count). The van der Waals surface area contributed by atoms with Gasteiger partial charge in [0, 0.05) is 5.69 Å². The number of nitrogens with zero attached hydrogens (tertiary/aromatic N) is 1. The number of nitrogens with one attached hydrogen (secondary N) is 2. The van der Waals surface area contributed by atoms with E-state index < -0.39 is 38.3 Å². The van der Waals surface area contributed by atoms with E-state index >= 15 is 0 Å². The minimum Gasteiger partial charge on any atom is -0.325 e. The van der Waals surface area contributed by atoms with Gasteiger partial charge in [0.15, 0.2) is 0 Å². The summed E-state index contributed by atoms with van der Waals surface area (Å²) in [7, 11) is -7.76. The Kier molecular flexibility index (Phi) is 7.73. The second-order valence-corrected chi connectivity index (χ2v) is 11.9. The van der Waals surface area contributed by atoms with E-state index in [0.29, 0.717) is 5.69 Å². The van der Waals surface area contributed by atoms with E-state index in [1.807, 2.05) is 13.0 Å². The molecule has 0 heterocycles. The molecule has 0 bridgehead atoms. The molecule has 8 nitrogen and oxygen atoms in total. The van der Waals surface area contributed by atoms with Gasteiger partial charge >= 0.3 is 0 Å². The van der Waals surface area contributed by atoms with Crippen LogP contribution >= 0.6 is 11.6 Å². The predicted octanol–water partition coefficient (Wildman–Crippen LogP) is 4.30. The van der Waals surface area contributed by atoms with E-state index in [2.05, 4.69) is 10.0 Å². The molecule has 1 amide bonds. The SMILES string of the molecule is Cc1ccc(NS(=O)(=O)c2ccc(NC(=O)CN(c3ccc(F)c(Cl)c3)S(C)(=O)=O)cc2)c(C)c1. The van der Waals surface area contributed by atoms with Gasteiger partial charge in [-0.1, -0.05) is 29.3 Å². The highest BCUT2D eigenvalue weighted by atomic mass is 35.5. The number of benzene rings is 3. The van der Waals surface area contributed by atoms with Crippen LogP contribution in [-0.2, 0) is 24.8 Å². The summed E-state index contributed by atoms with van der Waals surface area (Å²) in [5, 5.41) is 2.23. The smallest absolute Gasteiger partial charge is 0.261 e. The highest BCUT2D eigenvalue weighted by molar-refractivity contribution is 7.92. The maximum Gasteiger partial charge on any atom is 0.261 e. The van der Waals surface area contributed by atoms with E-state index in [1.165, 1.54) is 30.3 Å². The van der Waals surface area contributed by atoms with Crippen molar-refractivity contribution < 1.29 is 26.0 Å². The predicted molar refractivity (Wildman–Crippen MR) is 135 cm³/mol. The summed E-state index contributed by atoms with van der Waals surface area (Å²) in [6.45, 7) is 3.10. The maximum absolute atomic E-state index is 13.5. The normalized spacial score (nSPS) is 11.7. The number of aryl methyl sites for hydroxylation is 2. The van der Waals surface area contributed by atoms with Crippen molar-refractivity contribution in [2.24, 2.45) is 0 Å². The zero-order valence-corrected chi connectivity index (χ0v) is 21.4. The van der Waals surface area contributed by atoms with Crippen molar-refractivity contribution >= 4 is 54.6 Å². The van der Waals surface area contributed by atoms with Crippen LogP contribution in [0.1, 0.15) is 11.1 Å². The van der Waals surface area contributed by atoms with Gasteiger partial charge in [-0.25, -0.2) is 21.2 Å². The molecule has 0 aliphatic carbocycles. The molecule has 0 aliphatic heterocycles. The zero-order valence-electron chi connectivity index (χ0n) is 19.0. The van der Waals surface area contributed by atoms with Crippen LogP contribution in [0.25, 0.3) is 0 Å². The highest BCUT2D eigenvalue weighted by Crippen LogP contribution is 2.25. The third kappa shape index (κ3) is 6.71. The van der Waals surface area contributed by atoms with Crippen LogP contribution in [0.15, 0.2) is 65.6 Å². The largest absolute Gasteiger partial charge is 0.325 e. The van der Waals surface area contributed by atoms with Gasteiger partial charge in [-0.2, -0.15) is 0 Å². The lowest BCUT2D eigenvalue weighted by atomic mass is 10.1. The fraction of sp³-hybridized carbons (Fsp3) is 0.174. The average molecular weight is 540 g/mol. The van der Waals surface area contributed by atoms with Crippen molar-refractivity contribution in [1.82, 2.24) is 0 Å². The molecule has 35 heavy (non-hydrogen) atoms. The van der Waals surface area contributed by atoms with Crippen molar-refractivity contribution in [1.29, 1.82) is 0 Å². The summed E-state index contributed by atoms with van der Waals surface area (Å²) in [6.07, 6.45) is 0.903. The Bertz CT molecular complexity index is 1480. The lowest BCUT2D eigenvalue weighted by molar-refractivity contribution is -0.114. The number of rotatable bonds is 8. The van der Waals surface area contributed by atoms with Crippen molar-refractivity contribution in [2.75, 3.05) is 27.1 Å². The van der Waals surface area contributed by atoms with Gasteiger partial charge in [0.25, 0.3) is 10.0 Å². The van der Waals surface area contributed by atoms with Crippen LogP contribution in [0.2, 0.25) is 5.02 Å². The average Bonchev–Trinajstić information content (AvgIpc) is 2.76. The van der Waals surface area contributed by atoms with E-state index in [1.54, 1.807) is 19.1 Å². The Balaban J connectivity index is 1.73. The van der Waals surface area contributed by atoms with Gasteiger partial charge in [-0.3, -0.25) is 13.8 Å². The number of hydrogen-bond donors (Lipinski definition) is 2. The molecule has 3 aromatic carbocycles. The molecule has 2 N–H and O–H groups in total. The van der Waals surface area contributed by atoms with Crippen molar-refractivity contribution in [3.05, 3.63) is 82.6 Å². The Morgan fingerprint density at radius 2 is 1.63 bits per heavy atom. The Labute approximate surface area is 208 Å². The third-order valence-corrected chi connectivity index (χ3v) is 7.76. The Morgan fingerprint density at radius 3 is 2.20 bits per heavy atom. The molecule has 0 saturated heterocycles. The minimum atomic E-state index is -3.89. The molecule has 3 aromatic rings. The lowest BCUT2D eigenvalue weighted by Crippen LogP contribution is -2.37. The zero-order chi connectivity index (χ0) is 26.0. The van der Waals surface area contributed by atoms with Crippen molar-refractivity contribution in [3.63, 3.8) is 0 Å². The summed E-state index contributed by atoms with van der Waals surface area (Å²) in [4.78, 5) is 12.5. The van der Waals surface area contributed by atoms with Crippen LogP contribution in [-0.4, -0.2) is 35.5 Å². The monoisotopic (exact) mass is 539 g/mol. The van der Waals surface area contributed by atoms with E-state index in [4.69, 9.17) is 11.6 Å². The first-order chi connectivity index (χ1) is 16.3. The van der Waals surface area contributed by atoms with Crippen LogP contribution in [0.4, 0.5) is 21.5 Å². The maximum atomic E-state index is 13.5. The molecule has 0 saturated carbocycles. The fourth-order valence-corrected chi connectivity index (χ4v) is 5.37. The van der Waals surface area contributed by atoms with E-state index in [9.17, 15) is 26.0 Å². The second kappa shape index (κ2) is 10.2. The van der Waals surface area contributed by atoms with Gasteiger partial charge in [0.05, 0.1) is 27.5 Å². The Hall–Kier alpha value is -3.15. The summed E-state index contributed by atoms with van der Waals surface area (Å²) in [5.41, 5.74) is 2.51. The molecule has 0 unspecified atom stereocenters. The lowest BCUT2D eigenvalue weighted by Gasteiger charge is -2.22. The molecular weight excluding hydrogens is 517 g/mol. The summed E-state index contributed by atoms with van der Waals surface area (Å²) in [6, 6.07) is 14.0. The summed E-state index contributed by atoms with van der Waals surface area (Å²) in [5.74, 6) is -1.42. The molecule has 0 spiro atoms. The number of carbonyl (C=O) groups excluding carboxylic acids is 1. The minimum absolute atomic E-state index is 0.0193. The van der Waals surface area contributed by atoms with Crippen LogP contribution in [0.5, 0.6) is 0 Å². The van der Waals surface area contributed by atoms with E-state index in [-0.39, 0.29) is 21.3 Å². The molecule has 0 fully saturated rings. The number of halogens is 2. The fourth-order valence-electron chi connectivity index (χ4n) is 3.22. The van der Waals surface area contributed by atoms with Crippen LogP contribution in [0.3, 0.4) is 0 Å². The van der Waals surface area contributed by atoms with Gasteiger partial charge in [0.1, 0.15) is 12.4 Å². The quantitative estimate of drug-likeness (QED) is 0.443. The van der Waals surface area contributed by atoms with Gasteiger partial charge in [0.2, 0.25) is 15.9 Å². The molecule has 12 heteroatoms. The van der Waals surface area contributed by atoms with Gasteiger partial charge in [-0.05, 0) is 67.9 Å². The van der Waals surface area contributed by atoms with Crippen LogP contribution < -0.4 is 14.3 Å². The summed E-state index contributed by atoms with van der Waals surface area (Å²) < 4.78 is 66.6. The number of hydrogen-bond acceptors (Lipinski definition) is 5. The highest BCUT2D eigenvalue weighted by Gasteiger charge is 2.22. The molecule has 0 aromatic heterocycles. The standard InChI is InChI=1S/C23H23ClFN3O5S2/c1-15-4-11-22(16(2)12-15)27-35(32,33)19-8-5-17(6-9-19)26-23(29)14-28(34(3,30)31)18-7-10-21(25)20(24)13-18/h4-13,27H,14H2,1-3H3,(H,26,29). The number of amides is 1. The Morgan fingerprint density at radius 1 is 0.971 bits per heavy atom. The second-order valence-electron chi connectivity index (χ2n) is 7.86. The molecular formula is C23H23ClFN3O5S2. The molecule has 0 radical (unpaired) electrons. The van der Waals surface area contributed by atoms with E-state index in [0.717, 1.165) is 33.8 Å².